The molecule has 2 rings (SSSR count). The second-order valence-corrected chi connectivity index (χ2v) is 6.24. The summed E-state index contributed by atoms with van der Waals surface area (Å²) in [5, 5.41) is 10.2. The molecule has 4 nitrogen and oxygen atoms in total. The van der Waals surface area contributed by atoms with Crippen LogP contribution in [0.4, 0.5) is 0 Å². The van der Waals surface area contributed by atoms with Crippen molar-refractivity contribution in [2.45, 2.75) is 32.6 Å². The van der Waals surface area contributed by atoms with Gasteiger partial charge in [0.05, 0.1) is 11.8 Å². The Morgan fingerprint density at radius 3 is 3.00 bits per heavy atom. The van der Waals surface area contributed by atoms with Crippen molar-refractivity contribution in [2.75, 3.05) is 6.54 Å². The van der Waals surface area contributed by atoms with Crippen LogP contribution in [0.2, 0.25) is 0 Å². The molecule has 1 aliphatic heterocycles. The minimum atomic E-state index is -0.203. The van der Waals surface area contributed by atoms with E-state index in [0.717, 1.165) is 25.7 Å². The van der Waals surface area contributed by atoms with E-state index in [1.54, 1.807) is 35.4 Å². The van der Waals surface area contributed by atoms with E-state index in [2.05, 4.69) is 18.5 Å². The number of hydrogen-bond donors (Lipinski definition) is 1. The summed E-state index contributed by atoms with van der Waals surface area (Å²) in [6.45, 7) is 6.61. The lowest BCUT2D eigenvalue weighted by Crippen LogP contribution is -2.32. The highest BCUT2D eigenvalue weighted by Crippen LogP contribution is 2.27. The van der Waals surface area contributed by atoms with E-state index in [-0.39, 0.29) is 17.2 Å². The van der Waals surface area contributed by atoms with E-state index < -0.39 is 0 Å². The molecular weight excluding hydrogens is 312 g/mol. The van der Waals surface area contributed by atoms with Crippen LogP contribution in [0.5, 0.6) is 5.75 Å². The van der Waals surface area contributed by atoms with Crippen molar-refractivity contribution in [2.24, 2.45) is 5.92 Å². The van der Waals surface area contributed by atoms with Crippen LogP contribution < -0.4 is 0 Å². The number of aromatic nitrogens is 1. The molecule has 0 aliphatic carbocycles. The molecule has 0 bridgehead atoms. The van der Waals surface area contributed by atoms with Gasteiger partial charge in [0.2, 0.25) is 0 Å². The van der Waals surface area contributed by atoms with Crippen LogP contribution in [0.1, 0.15) is 43.0 Å². The van der Waals surface area contributed by atoms with Crippen LogP contribution in [-0.4, -0.2) is 27.4 Å². The monoisotopic (exact) mass is 338 g/mol. The summed E-state index contributed by atoms with van der Waals surface area (Å²) in [4.78, 5) is 18.6. The average Bonchev–Trinajstić information content (AvgIpc) is 2.61. The Kier molecular flexibility index (Phi) is 7.20. The van der Waals surface area contributed by atoms with Gasteiger partial charge in [0.1, 0.15) is 5.75 Å². The minimum Gasteiger partial charge on any atom is -0.505 e. The third kappa shape index (κ3) is 5.45. The van der Waals surface area contributed by atoms with Gasteiger partial charge >= 0.3 is 0 Å². The van der Waals surface area contributed by atoms with Gasteiger partial charge in [0.25, 0.3) is 5.91 Å². The molecule has 1 aromatic rings. The van der Waals surface area contributed by atoms with Crippen LogP contribution in [0, 0.1) is 5.92 Å². The Bertz CT molecular complexity index is 696. The maximum absolute atomic E-state index is 12.9. The quantitative estimate of drug-likeness (QED) is 0.629. The smallest absolute Gasteiger partial charge is 0.261 e. The van der Waals surface area contributed by atoms with Crippen molar-refractivity contribution in [3.63, 3.8) is 0 Å². The van der Waals surface area contributed by atoms with Gasteiger partial charge in [-0.3, -0.25) is 9.78 Å². The number of aromatic hydroxyl groups is 1. The van der Waals surface area contributed by atoms with Crippen molar-refractivity contribution in [3.8, 4) is 5.75 Å². The van der Waals surface area contributed by atoms with Crippen molar-refractivity contribution in [1.82, 2.24) is 9.88 Å². The molecule has 1 unspecified atom stereocenters. The maximum Gasteiger partial charge on any atom is 0.261 e. The number of amides is 1. The van der Waals surface area contributed by atoms with Gasteiger partial charge in [-0.15, -0.1) is 6.58 Å². The van der Waals surface area contributed by atoms with Crippen molar-refractivity contribution in [3.05, 3.63) is 72.7 Å². The normalized spacial score (nSPS) is 16.6. The number of hydrogen-bond acceptors (Lipinski definition) is 3. The molecule has 1 aliphatic rings. The number of allylic oxidation sites excluding steroid dienone is 2. The van der Waals surface area contributed by atoms with Crippen LogP contribution in [0.15, 0.2) is 67.2 Å². The third-order valence-electron chi connectivity index (χ3n) is 4.36. The molecule has 1 atom stereocenters. The SMILES string of the molecule is C=CCCCC1=CN(C(=O)c2ccccccncc2O)CCC1C. The molecule has 0 radical (unpaired) electrons. The average molecular weight is 338 g/mol. The van der Waals surface area contributed by atoms with Crippen LogP contribution in [-0.2, 0) is 0 Å². The Morgan fingerprint density at radius 1 is 1.40 bits per heavy atom. The molecule has 0 aromatic carbocycles. The standard InChI is InChI=1S/C21H26N2O2/c1-3-4-7-10-18-16-23(14-12-17(18)2)21(25)19-11-8-5-6-9-13-22-15-20(19)24/h3,5-6,8-9,11,13,15-17,24H,1,4,7,10,12,14H2,2H3. The van der Waals surface area contributed by atoms with Gasteiger partial charge in [0.15, 0.2) is 0 Å². The lowest BCUT2D eigenvalue weighted by molar-refractivity contribution is 0.0802. The highest BCUT2D eigenvalue weighted by atomic mass is 16.3. The molecule has 0 spiro atoms. The van der Waals surface area contributed by atoms with Gasteiger partial charge in [0, 0.05) is 18.9 Å². The fourth-order valence-corrected chi connectivity index (χ4v) is 2.82. The first-order chi connectivity index (χ1) is 12.1. The molecule has 0 fully saturated rings. The van der Waals surface area contributed by atoms with Gasteiger partial charge in [-0.2, -0.15) is 0 Å². The first-order valence-corrected chi connectivity index (χ1v) is 8.72. The van der Waals surface area contributed by atoms with E-state index in [1.165, 1.54) is 11.8 Å². The fraction of sp³-hybridized carbons (Fsp3) is 0.333. The predicted molar refractivity (Wildman–Crippen MR) is 100 cm³/mol. The van der Waals surface area contributed by atoms with E-state index in [4.69, 9.17) is 0 Å². The zero-order valence-electron chi connectivity index (χ0n) is 14.8. The lowest BCUT2D eigenvalue weighted by Gasteiger charge is -2.29. The van der Waals surface area contributed by atoms with Crippen molar-refractivity contribution >= 4 is 5.91 Å². The molecule has 4 heteroatoms. The van der Waals surface area contributed by atoms with E-state index in [0.29, 0.717) is 12.5 Å². The number of unbranched alkanes of at least 4 members (excludes halogenated alkanes) is 1. The number of nitrogens with zero attached hydrogens (tertiary/aromatic N) is 2. The molecule has 2 heterocycles. The summed E-state index contributed by atoms with van der Waals surface area (Å²) in [6.07, 6.45) is 10.7. The van der Waals surface area contributed by atoms with E-state index >= 15 is 0 Å². The lowest BCUT2D eigenvalue weighted by atomic mass is 9.91. The van der Waals surface area contributed by atoms with Gasteiger partial charge in [-0.1, -0.05) is 36.8 Å². The maximum atomic E-state index is 12.9. The molecule has 25 heavy (non-hydrogen) atoms. The van der Waals surface area contributed by atoms with E-state index in [9.17, 15) is 9.90 Å². The van der Waals surface area contributed by atoms with Crippen LogP contribution >= 0.6 is 0 Å². The minimum absolute atomic E-state index is 0.124. The van der Waals surface area contributed by atoms with E-state index in [1.807, 2.05) is 18.3 Å². The first kappa shape index (κ1) is 18.7. The molecule has 1 aromatic heterocycles. The molecule has 1 N–H and O–H groups in total. The van der Waals surface area contributed by atoms with Crippen LogP contribution in [0.3, 0.4) is 0 Å². The Morgan fingerprint density at radius 2 is 2.20 bits per heavy atom. The molecule has 1 amide bonds. The van der Waals surface area contributed by atoms with Crippen molar-refractivity contribution < 1.29 is 9.90 Å². The predicted octanol–water partition coefficient (Wildman–Crippen LogP) is 4.63. The number of rotatable bonds is 5. The van der Waals surface area contributed by atoms with Crippen molar-refractivity contribution in [1.29, 1.82) is 0 Å². The van der Waals surface area contributed by atoms with Gasteiger partial charge < -0.3 is 10.0 Å². The largest absolute Gasteiger partial charge is 0.505 e. The first-order valence-electron chi connectivity index (χ1n) is 8.72. The Hall–Kier alpha value is -2.62. The summed E-state index contributed by atoms with van der Waals surface area (Å²) < 4.78 is 0. The van der Waals surface area contributed by atoms with Gasteiger partial charge in [-0.25, -0.2) is 0 Å². The molecule has 0 saturated carbocycles. The Labute approximate surface area is 149 Å². The highest BCUT2D eigenvalue weighted by Gasteiger charge is 2.23. The molecular formula is C21H26N2O2. The Balaban J connectivity index is 2.29. The number of carbonyl (C=O) groups excluding carboxylic acids is 1. The topological polar surface area (TPSA) is 53.4 Å². The fourth-order valence-electron chi connectivity index (χ4n) is 2.82. The summed E-state index contributed by atoms with van der Waals surface area (Å²) in [5.74, 6) is 0.151. The summed E-state index contributed by atoms with van der Waals surface area (Å²) >= 11 is 0. The zero-order chi connectivity index (χ0) is 18.1. The second kappa shape index (κ2) is 9.62. The molecule has 132 valence electrons. The molecule has 0 saturated heterocycles. The second-order valence-electron chi connectivity index (χ2n) is 6.24. The zero-order valence-corrected chi connectivity index (χ0v) is 14.8. The third-order valence-corrected chi connectivity index (χ3v) is 4.36. The highest BCUT2D eigenvalue weighted by molar-refractivity contribution is 5.97. The summed E-state index contributed by atoms with van der Waals surface area (Å²) in [7, 11) is 0. The summed E-state index contributed by atoms with van der Waals surface area (Å²) in [5.41, 5.74) is 1.53. The van der Waals surface area contributed by atoms with Gasteiger partial charge in [-0.05, 0) is 43.7 Å². The van der Waals surface area contributed by atoms with Crippen LogP contribution in [0.25, 0.3) is 0 Å². The number of carbonyl (C=O) groups is 1. The summed E-state index contributed by atoms with van der Waals surface area (Å²) in [6, 6.07) is 8.74.